The van der Waals surface area contributed by atoms with Gasteiger partial charge >= 0.3 is 0 Å². The van der Waals surface area contributed by atoms with E-state index < -0.39 is 0 Å². The number of benzene rings is 3. The fraction of sp³-hybridized carbons (Fsp3) is 0.310. The second kappa shape index (κ2) is 13.3. The summed E-state index contributed by atoms with van der Waals surface area (Å²) in [5, 5.41) is 5.98. The highest BCUT2D eigenvalue weighted by atomic mass is 32.2. The monoisotopic (exact) mass is 502 g/mol. The van der Waals surface area contributed by atoms with E-state index in [1.165, 1.54) is 11.1 Å². The van der Waals surface area contributed by atoms with Crippen molar-refractivity contribution in [2.24, 2.45) is 0 Å². The van der Waals surface area contributed by atoms with Crippen molar-refractivity contribution in [1.29, 1.82) is 0 Å². The van der Waals surface area contributed by atoms with Gasteiger partial charge in [-0.3, -0.25) is 14.5 Å². The normalized spacial score (nSPS) is 12.8. The summed E-state index contributed by atoms with van der Waals surface area (Å²) in [6, 6.07) is 26.6. The molecular formula is C29H34N4O2S. The third kappa shape index (κ3) is 7.43. The van der Waals surface area contributed by atoms with E-state index in [1.54, 1.807) is 11.8 Å². The summed E-state index contributed by atoms with van der Waals surface area (Å²) in [5.41, 5.74) is 3.59. The quantitative estimate of drug-likeness (QED) is 0.345. The Bertz CT molecular complexity index is 1130. The van der Waals surface area contributed by atoms with Crippen LogP contribution < -0.4 is 15.5 Å². The molecule has 0 spiro atoms. The summed E-state index contributed by atoms with van der Waals surface area (Å²) >= 11 is 1.64. The number of Topliss-reactive ketones (excluding diaryl/α,β-unsaturated/α-hetero) is 1. The molecule has 0 saturated heterocycles. The van der Waals surface area contributed by atoms with Crippen LogP contribution in [-0.4, -0.2) is 56.4 Å². The first-order valence-electron chi connectivity index (χ1n) is 12.4. The topological polar surface area (TPSA) is 64.7 Å². The number of para-hydroxylation sites is 1. The molecule has 188 valence electrons. The molecule has 1 amide bonds. The third-order valence-electron chi connectivity index (χ3n) is 6.19. The Morgan fingerprint density at radius 1 is 0.861 bits per heavy atom. The Morgan fingerprint density at radius 3 is 2.25 bits per heavy atom. The van der Waals surface area contributed by atoms with Crippen molar-refractivity contribution in [3.8, 4) is 0 Å². The molecule has 1 aliphatic heterocycles. The van der Waals surface area contributed by atoms with Crippen molar-refractivity contribution in [1.82, 2.24) is 15.5 Å². The molecule has 3 aromatic carbocycles. The number of nitrogens with zero attached hydrogens (tertiary/aromatic N) is 2. The van der Waals surface area contributed by atoms with Gasteiger partial charge < -0.3 is 15.5 Å². The molecule has 2 N–H and O–H groups in total. The maximum Gasteiger partial charge on any atom is 0.239 e. The van der Waals surface area contributed by atoms with Crippen molar-refractivity contribution in [3.63, 3.8) is 0 Å². The third-order valence-corrected chi connectivity index (χ3v) is 7.26. The minimum atomic E-state index is -0.0902. The van der Waals surface area contributed by atoms with Gasteiger partial charge in [0.2, 0.25) is 5.91 Å². The SMILES string of the molecule is CNCCNC(=O)CN(CC(=O)CCN1Cc2ccccc2C1)c1ccccc1Sc1ccccc1. The van der Waals surface area contributed by atoms with E-state index in [9.17, 15) is 9.59 Å². The highest BCUT2D eigenvalue weighted by Crippen LogP contribution is 2.35. The molecule has 0 atom stereocenters. The molecule has 1 heterocycles. The van der Waals surface area contributed by atoms with Crippen LogP contribution in [0.5, 0.6) is 0 Å². The largest absolute Gasteiger partial charge is 0.354 e. The van der Waals surface area contributed by atoms with Gasteiger partial charge in [-0.05, 0) is 42.4 Å². The lowest BCUT2D eigenvalue weighted by Gasteiger charge is -2.26. The molecular weight excluding hydrogens is 468 g/mol. The molecule has 0 radical (unpaired) electrons. The fourth-order valence-electron chi connectivity index (χ4n) is 4.34. The maximum atomic E-state index is 13.2. The summed E-state index contributed by atoms with van der Waals surface area (Å²) in [4.78, 5) is 32.3. The lowest BCUT2D eigenvalue weighted by molar-refractivity contribution is -0.120. The summed E-state index contributed by atoms with van der Waals surface area (Å²) in [6.07, 6.45) is 0.458. The number of anilines is 1. The van der Waals surface area contributed by atoms with Crippen LogP contribution in [0.4, 0.5) is 5.69 Å². The number of carbonyl (C=O) groups excluding carboxylic acids is 2. The molecule has 7 heteroatoms. The standard InChI is InChI=1S/C29H34N4O2S/c1-30-16-17-31-29(35)22-33(27-13-7-8-14-28(27)36-26-11-3-2-4-12-26)21-25(34)15-18-32-19-23-9-5-6-10-24(23)20-32/h2-14,30H,15-22H2,1H3,(H,31,35). The zero-order valence-electron chi connectivity index (χ0n) is 20.8. The van der Waals surface area contributed by atoms with Gasteiger partial charge in [-0.2, -0.15) is 0 Å². The van der Waals surface area contributed by atoms with E-state index in [0.29, 0.717) is 19.5 Å². The molecule has 0 saturated carbocycles. The number of amides is 1. The average molecular weight is 503 g/mol. The van der Waals surface area contributed by atoms with Crippen LogP contribution >= 0.6 is 11.8 Å². The minimum Gasteiger partial charge on any atom is -0.354 e. The van der Waals surface area contributed by atoms with Crippen LogP contribution in [0.15, 0.2) is 88.7 Å². The second-order valence-electron chi connectivity index (χ2n) is 8.96. The highest BCUT2D eigenvalue weighted by molar-refractivity contribution is 7.99. The summed E-state index contributed by atoms with van der Waals surface area (Å²) in [7, 11) is 1.85. The van der Waals surface area contributed by atoms with E-state index in [4.69, 9.17) is 0 Å². The van der Waals surface area contributed by atoms with Crippen molar-refractivity contribution in [3.05, 3.63) is 90.0 Å². The number of rotatable bonds is 13. The van der Waals surface area contributed by atoms with Crippen LogP contribution in [0.1, 0.15) is 17.5 Å². The number of carbonyl (C=O) groups is 2. The average Bonchev–Trinajstić information content (AvgIpc) is 3.31. The Balaban J connectivity index is 1.43. The molecule has 0 unspecified atom stereocenters. The molecule has 4 rings (SSSR count). The number of likely N-dealkylation sites (N-methyl/N-ethyl adjacent to an activating group) is 1. The lowest BCUT2D eigenvalue weighted by Crippen LogP contribution is -2.42. The van der Waals surface area contributed by atoms with Gasteiger partial charge in [-0.15, -0.1) is 0 Å². The second-order valence-corrected chi connectivity index (χ2v) is 10.1. The van der Waals surface area contributed by atoms with E-state index in [2.05, 4.69) is 51.9 Å². The predicted octanol–water partition coefficient (Wildman–Crippen LogP) is 3.95. The summed E-state index contributed by atoms with van der Waals surface area (Å²) < 4.78 is 0. The number of ketones is 1. The zero-order chi connectivity index (χ0) is 25.2. The van der Waals surface area contributed by atoms with E-state index in [-0.39, 0.29) is 24.8 Å². The molecule has 3 aromatic rings. The summed E-state index contributed by atoms with van der Waals surface area (Å²) in [6.45, 7) is 4.07. The van der Waals surface area contributed by atoms with Crippen LogP contribution in [0, 0.1) is 0 Å². The van der Waals surface area contributed by atoms with Gasteiger partial charge in [-0.1, -0.05) is 66.4 Å². The molecule has 36 heavy (non-hydrogen) atoms. The Hall–Kier alpha value is -3.13. The number of hydrogen-bond acceptors (Lipinski definition) is 6. The van der Waals surface area contributed by atoms with E-state index in [0.717, 1.165) is 35.1 Å². The predicted molar refractivity (Wildman–Crippen MR) is 146 cm³/mol. The van der Waals surface area contributed by atoms with Gasteiger partial charge in [0.05, 0.1) is 18.8 Å². The minimum absolute atomic E-state index is 0.0902. The van der Waals surface area contributed by atoms with Gasteiger partial charge in [0.1, 0.15) is 0 Å². The van der Waals surface area contributed by atoms with Gasteiger partial charge in [0.25, 0.3) is 0 Å². The van der Waals surface area contributed by atoms with Crippen molar-refractivity contribution in [2.45, 2.75) is 29.3 Å². The lowest BCUT2D eigenvalue weighted by atomic mass is 10.1. The zero-order valence-corrected chi connectivity index (χ0v) is 21.6. The Morgan fingerprint density at radius 2 is 1.53 bits per heavy atom. The molecule has 0 aromatic heterocycles. The first-order chi connectivity index (χ1) is 17.6. The van der Waals surface area contributed by atoms with Crippen molar-refractivity contribution < 1.29 is 9.59 Å². The summed E-state index contributed by atoms with van der Waals surface area (Å²) in [5.74, 6) is 0.0426. The smallest absolute Gasteiger partial charge is 0.239 e. The first kappa shape index (κ1) is 25.9. The van der Waals surface area contributed by atoms with E-state index in [1.807, 2.05) is 54.4 Å². The molecule has 1 aliphatic rings. The Kier molecular flexibility index (Phi) is 9.55. The molecule has 0 aliphatic carbocycles. The van der Waals surface area contributed by atoms with Crippen LogP contribution in [0.2, 0.25) is 0 Å². The molecule has 6 nitrogen and oxygen atoms in total. The van der Waals surface area contributed by atoms with E-state index >= 15 is 0 Å². The van der Waals surface area contributed by atoms with Crippen LogP contribution in [0.25, 0.3) is 0 Å². The Labute approximate surface area is 218 Å². The van der Waals surface area contributed by atoms with Crippen LogP contribution in [0.3, 0.4) is 0 Å². The van der Waals surface area contributed by atoms with Crippen molar-refractivity contribution >= 4 is 29.1 Å². The van der Waals surface area contributed by atoms with Gasteiger partial charge in [0.15, 0.2) is 5.78 Å². The maximum absolute atomic E-state index is 13.2. The van der Waals surface area contributed by atoms with Gasteiger partial charge in [-0.25, -0.2) is 0 Å². The highest BCUT2D eigenvalue weighted by Gasteiger charge is 2.21. The number of nitrogens with one attached hydrogen (secondary N) is 2. The number of hydrogen-bond donors (Lipinski definition) is 2. The van der Waals surface area contributed by atoms with Crippen LogP contribution in [-0.2, 0) is 22.7 Å². The molecule has 0 bridgehead atoms. The molecule has 0 fully saturated rings. The van der Waals surface area contributed by atoms with Crippen molar-refractivity contribution in [2.75, 3.05) is 44.7 Å². The number of fused-ring (bicyclic) bond motifs is 1. The first-order valence-corrected chi connectivity index (χ1v) is 13.2. The van der Waals surface area contributed by atoms with Gasteiger partial charge in [0, 0.05) is 48.9 Å². The fourth-order valence-corrected chi connectivity index (χ4v) is 5.33.